The zero-order valence-electron chi connectivity index (χ0n) is 34.3. The third-order valence-electron chi connectivity index (χ3n) is 9.01. The van der Waals surface area contributed by atoms with Crippen LogP contribution in [-0.2, 0) is 33.3 Å². The molecule has 0 unspecified atom stereocenters. The fourth-order valence-corrected chi connectivity index (χ4v) is 5.82. The second kappa shape index (κ2) is 24.6. The van der Waals surface area contributed by atoms with Crippen LogP contribution in [-0.4, -0.2) is 100 Å². The Morgan fingerprint density at radius 2 is 1.40 bits per heavy atom. The Kier molecular flexibility index (Phi) is 19.4. The van der Waals surface area contributed by atoms with E-state index in [9.17, 15) is 19.5 Å². The first-order valence-corrected chi connectivity index (χ1v) is 20.0. The molecule has 0 spiro atoms. The smallest absolute Gasteiger partial charge is 0.305 e. The summed E-state index contributed by atoms with van der Waals surface area (Å²) in [7, 11) is 0. The lowest BCUT2D eigenvalue weighted by Gasteiger charge is -2.19. The van der Waals surface area contributed by atoms with Crippen molar-refractivity contribution in [3.05, 3.63) is 90.1 Å². The van der Waals surface area contributed by atoms with Gasteiger partial charge < -0.3 is 44.7 Å². The number of hydrogen-bond acceptors (Lipinski definition) is 10. The second-order valence-corrected chi connectivity index (χ2v) is 15.2. The molecule has 0 saturated carbocycles. The van der Waals surface area contributed by atoms with Gasteiger partial charge in [0.05, 0.1) is 65.3 Å². The van der Waals surface area contributed by atoms with Crippen LogP contribution in [0.1, 0.15) is 63.6 Å². The molecule has 3 aromatic carbocycles. The van der Waals surface area contributed by atoms with Gasteiger partial charge in [0.15, 0.2) is 0 Å². The molecule has 0 bridgehead atoms. The van der Waals surface area contributed by atoms with E-state index in [0.717, 1.165) is 52.1 Å². The number of amides is 2. The number of carboxylic acid groups (broad SMARTS) is 1. The molecule has 4 rings (SSSR count). The number of aromatic nitrogens is 1. The summed E-state index contributed by atoms with van der Waals surface area (Å²) in [6, 6.07) is 22.4. The molecule has 13 nitrogen and oxygen atoms in total. The first kappa shape index (κ1) is 45.6. The summed E-state index contributed by atoms with van der Waals surface area (Å²) in [4.78, 5) is 41.2. The Labute approximate surface area is 342 Å². The number of rotatable bonds is 27. The lowest BCUT2D eigenvalue weighted by atomic mass is 9.93. The van der Waals surface area contributed by atoms with Gasteiger partial charge in [0.1, 0.15) is 18.2 Å². The van der Waals surface area contributed by atoms with Crippen molar-refractivity contribution in [1.82, 2.24) is 15.6 Å². The van der Waals surface area contributed by atoms with Gasteiger partial charge in [0.2, 0.25) is 11.8 Å². The van der Waals surface area contributed by atoms with Gasteiger partial charge in [-0.25, -0.2) is 4.98 Å². The highest BCUT2D eigenvalue weighted by atomic mass is 16.6. The summed E-state index contributed by atoms with van der Waals surface area (Å²) in [5.74, 6) is -0.323. The monoisotopic (exact) mass is 800 g/mol. The Morgan fingerprint density at radius 3 is 2.09 bits per heavy atom. The lowest BCUT2D eigenvalue weighted by molar-refractivity contribution is -0.138. The number of nitrogens with zero attached hydrogens (tertiary/aromatic N) is 1. The van der Waals surface area contributed by atoms with Gasteiger partial charge in [-0.3, -0.25) is 14.4 Å². The molecule has 13 heteroatoms. The molecule has 2 amide bonds. The van der Waals surface area contributed by atoms with Crippen LogP contribution in [0.2, 0.25) is 0 Å². The molecule has 0 radical (unpaired) electrons. The zero-order valence-corrected chi connectivity index (χ0v) is 34.3. The van der Waals surface area contributed by atoms with Crippen molar-refractivity contribution in [2.75, 3.05) is 77.9 Å². The number of nitrogens with one attached hydrogen (secondary N) is 3. The van der Waals surface area contributed by atoms with Crippen molar-refractivity contribution in [3.8, 4) is 16.9 Å². The summed E-state index contributed by atoms with van der Waals surface area (Å²) < 4.78 is 28.2. The largest absolute Gasteiger partial charge is 0.491 e. The van der Waals surface area contributed by atoms with Gasteiger partial charge in [0, 0.05) is 25.8 Å². The number of benzene rings is 3. The molecule has 314 valence electrons. The minimum absolute atomic E-state index is 0.228. The van der Waals surface area contributed by atoms with Gasteiger partial charge in [-0.05, 0) is 94.6 Å². The molecule has 0 fully saturated rings. The molecule has 0 aliphatic carbocycles. The van der Waals surface area contributed by atoms with Gasteiger partial charge in [-0.2, -0.15) is 0 Å². The number of ether oxygens (including phenoxy) is 5. The molecule has 0 aliphatic heterocycles. The third-order valence-corrected chi connectivity index (χ3v) is 9.01. The molecule has 0 saturated heterocycles. The Balaban J connectivity index is 1.16. The first-order valence-electron chi connectivity index (χ1n) is 20.0. The van der Waals surface area contributed by atoms with E-state index in [-0.39, 0.29) is 30.7 Å². The standard InChI is InChI=1S/C45H60N4O9/c1-33-14-17-47-41(27-33)46-16-6-9-42(50)48-32-43(51)49-40(31-44(52)53)38-8-5-7-34(29-38)35-10-11-37-30-39(13-12-36(37)28-35)58-26-25-57-24-23-56-22-21-55-20-19-54-18-15-45(2,3)4/h5,7-8,10-14,17,27-30,40H,6,9,15-16,18-26,31-32H2,1-4H3,(H,46,47)(H,48,50)(H,49,51)(H,52,53)/t40-/m0/s1. The first-order chi connectivity index (χ1) is 27.9. The van der Waals surface area contributed by atoms with E-state index in [4.69, 9.17) is 23.7 Å². The zero-order chi connectivity index (χ0) is 41.6. The number of hydrogen-bond donors (Lipinski definition) is 4. The maximum Gasteiger partial charge on any atom is 0.305 e. The van der Waals surface area contributed by atoms with Gasteiger partial charge >= 0.3 is 5.97 Å². The maximum atomic E-state index is 12.8. The number of pyridine rings is 1. The van der Waals surface area contributed by atoms with Crippen LogP contribution in [0.5, 0.6) is 5.75 Å². The normalized spacial score (nSPS) is 11.9. The van der Waals surface area contributed by atoms with Crippen molar-refractivity contribution < 1.29 is 43.2 Å². The van der Waals surface area contributed by atoms with Crippen molar-refractivity contribution in [3.63, 3.8) is 0 Å². The van der Waals surface area contributed by atoms with E-state index in [1.165, 1.54) is 0 Å². The third kappa shape index (κ3) is 18.0. The van der Waals surface area contributed by atoms with Crippen molar-refractivity contribution >= 4 is 34.4 Å². The molecule has 1 heterocycles. The number of aliphatic carboxylic acids is 1. The van der Waals surface area contributed by atoms with Crippen molar-refractivity contribution in [2.24, 2.45) is 5.41 Å². The van der Waals surface area contributed by atoms with E-state index < -0.39 is 17.9 Å². The van der Waals surface area contributed by atoms with Crippen LogP contribution >= 0.6 is 0 Å². The predicted molar refractivity (Wildman–Crippen MR) is 225 cm³/mol. The average Bonchev–Trinajstić information content (AvgIpc) is 3.19. The second-order valence-electron chi connectivity index (χ2n) is 15.2. The van der Waals surface area contributed by atoms with E-state index in [1.807, 2.05) is 67.6 Å². The molecular weight excluding hydrogens is 741 g/mol. The van der Waals surface area contributed by atoms with E-state index in [1.54, 1.807) is 12.3 Å². The van der Waals surface area contributed by atoms with Crippen LogP contribution < -0.4 is 20.7 Å². The summed E-state index contributed by atoms with van der Waals surface area (Å²) in [6.07, 6.45) is 3.21. The summed E-state index contributed by atoms with van der Waals surface area (Å²) >= 11 is 0. The lowest BCUT2D eigenvalue weighted by Crippen LogP contribution is -2.39. The van der Waals surface area contributed by atoms with Crippen LogP contribution in [0.25, 0.3) is 21.9 Å². The van der Waals surface area contributed by atoms with E-state index >= 15 is 0 Å². The fourth-order valence-electron chi connectivity index (χ4n) is 5.82. The molecule has 58 heavy (non-hydrogen) atoms. The number of carbonyl (C=O) groups is 3. The number of carboxylic acids is 1. The number of fused-ring (bicyclic) bond motifs is 1. The van der Waals surface area contributed by atoms with Crippen LogP contribution in [0.3, 0.4) is 0 Å². The highest BCUT2D eigenvalue weighted by molar-refractivity contribution is 5.89. The minimum atomic E-state index is -1.06. The van der Waals surface area contributed by atoms with Crippen LogP contribution in [0, 0.1) is 12.3 Å². The molecule has 4 aromatic rings. The summed E-state index contributed by atoms with van der Waals surface area (Å²) in [5.41, 5.74) is 3.82. The highest BCUT2D eigenvalue weighted by Gasteiger charge is 2.19. The van der Waals surface area contributed by atoms with E-state index in [2.05, 4.69) is 47.8 Å². The van der Waals surface area contributed by atoms with Gasteiger partial charge in [-0.15, -0.1) is 0 Å². The average molecular weight is 801 g/mol. The molecular formula is C45H60N4O9. The summed E-state index contributed by atoms with van der Waals surface area (Å²) in [5, 5.41) is 20.2. The van der Waals surface area contributed by atoms with Crippen LogP contribution in [0.15, 0.2) is 79.0 Å². The van der Waals surface area contributed by atoms with Crippen molar-refractivity contribution in [1.29, 1.82) is 0 Å². The SMILES string of the molecule is Cc1ccnc(NCCCC(=O)NCC(=O)N[C@@H](CC(=O)O)c2cccc(-c3ccc4cc(OCCOCCOCCOCCOCCC(C)(C)C)ccc4c3)c2)c1. The summed E-state index contributed by atoms with van der Waals surface area (Å²) in [6.45, 7) is 13.6. The molecule has 0 aliphatic rings. The van der Waals surface area contributed by atoms with Gasteiger partial charge in [-0.1, -0.05) is 57.2 Å². The Hall–Kier alpha value is -5.08. The minimum Gasteiger partial charge on any atom is -0.491 e. The quantitative estimate of drug-likeness (QED) is 0.0473. The fraction of sp³-hybridized carbons (Fsp3) is 0.467. The molecule has 1 aromatic heterocycles. The highest BCUT2D eigenvalue weighted by Crippen LogP contribution is 2.29. The number of anilines is 1. The van der Waals surface area contributed by atoms with Crippen LogP contribution in [0.4, 0.5) is 5.82 Å². The van der Waals surface area contributed by atoms with Gasteiger partial charge in [0.25, 0.3) is 0 Å². The maximum absolute atomic E-state index is 12.8. The van der Waals surface area contributed by atoms with Crippen molar-refractivity contribution in [2.45, 2.75) is 59.4 Å². The Bertz CT molecular complexity index is 1880. The molecule has 4 N–H and O–H groups in total. The number of carbonyl (C=O) groups excluding carboxylic acids is 2. The topological polar surface area (TPSA) is 167 Å². The molecule has 1 atom stereocenters. The Morgan fingerprint density at radius 1 is 0.741 bits per heavy atom. The number of aryl methyl sites for hydroxylation is 1. The van der Waals surface area contributed by atoms with E-state index in [0.29, 0.717) is 71.4 Å². The predicted octanol–water partition coefficient (Wildman–Crippen LogP) is 6.73.